The Kier molecular flexibility index (Phi) is 6.93. The van der Waals surface area contributed by atoms with Crippen LogP contribution in [0.1, 0.15) is 40.7 Å². The summed E-state index contributed by atoms with van der Waals surface area (Å²) in [5.74, 6) is -0.154. The lowest BCUT2D eigenvalue weighted by Crippen LogP contribution is -2.36. The summed E-state index contributed by atoms with van der Waals surface area (Å²) in [4.78, 5) is 27.0. The fraction of sp³-hybridized carbons (Fsp3) is 0.364. The molecule has 0 aromatic heterocycles. The van der Waals surface area contributed by atoms with Crippen molar-refractivity contribution in [2.45, 2.75) is 32.7 Å². The highest BCUT2D eigenvalue weighted by Gasteiger charge is 2.21. The Bertz CT molecular complexity index is 847. The van der Waals surface area contributed by atoms with Crippen LogP contribution in [-0.2, 0) is 11.3 Å². The number of hydrogen-bond acceptors (Lipinski definition) is 3. The predicted molar refractivity (Wildman–Crippen MR) is 113 cm³/mol. The third-order valence-corrected chi connectivity index (χ3v) is 5.27. The molecule has 2 aromatic rings. The summed E-state index contributed by atoms with van der Waals surface area (Å²) in [6.07, 6.45) is 3.23. The number of likely N-dealkylation sites (tertiary alicyclic amines) is 1. The predicted octanol–water partition coefficient (Wildman–Crippen LogP) is 4.00. The minimum absolute atomic E-state index is 0.0146. The number of piperidine rings is 1. The van der Waals surface area contributed by atoms with E-state index in [0.717, 1.165) is 43.5 Å². The van der Waals surface area contributed by atoms with Gasteiger partial charge < -0.3 is 15.5 Å². The van der Waals surface area contributed by atoms with Gasteiger partial charge in [-0.05, 0) is 55.5 Å². The van der Waals surface area contributed by atoms with Gasteiger partial charge in [0.15, 0.2) is 0 Å². The second-order valence-corrected chi connectivity index (χ2v) is 7.54. The quantitative estimate of drug-likeness (QED) is 0.771. The zero-order chi connectivity index (χ0) is 19.9. The standard InChI is InChI=1S/C22H26ClN3O2/c1-16-7-3-4-8-17(16)14-25-21(27)15-24-20-13-18(23)9-10-19(20)22(28)26-11-5-2-6-12-26/h3-4,7-10,13,24H,2,5-6,11-12,14-15H2,1H3,(H,25,27). The average Bonchev–Trinajstić information content (AvgIpc) is 2.72. The molecule has 6 heteroatoms. The molecule has 1 aliphatic heterocycles. The number of nitrogens with zero attached hydrogens (tertiary/aromatic N) is 1. The van der Waals surface area contributed by atoms with E-state index in [0.29, 0.717) is 22.8 Å². The van der Waals surface area contributed by atoms with Crippen LogP contribution >= 0.6 is 11.6 Å². The maximum atomic E-state index is 12.9. The number of aryl methyl sites for hydroxylation is 1. The summed E-state index contributed by atoms with van der Waals surface area (Å²) in [6, 6.07) is 13.1. The van der Waals surface area contributed by atoms with Crippen LogP contribution in [0.2, 0.25) is 5.02 Å². The molecule has 0 saturated carbocycles. The van der Waals surface area contributed by atoms with Crippen molar-refractivity contribution >= 4 is 29.1 Å². The SMILES string of the molecule is Cc1ccccc1CNC(=O)CNc1cc(Cl)ccc1C(=O)N1CCCCC1. The lowest BCUT2D eigenvalue weighted by molar-refractivity contribution is -0.119. The monoisotopic (exact) mass is 399 g/mol. The molecule has 1 saturated heterocycles. The van der Waals surface area contributed by atoms with Crippen molar-refractivity contribution in [3.8, 4) is 0 Å². The van der Waals surface area contributed by atoms with Crippen molar-refractivity contribution in [2.24, 2.45) is 0 Å². The van der Waals surface area contributed by atoms with Gasteiger partial charge in [-0.1, -0.05) is 35.9 Å². The Labute approximate surface area is 171 Å². The van der Waals surface area contributed by atoms with E-state index in [9.17, 15) is 9.59 Å². The van der Waals surface area contributed by atoms with Crippen LogP contribution in [0.3, 0.4) is 0 Å². The number of nitrogens with one attached hydrogen (secondary N) is 2. The maximum Gasteiger partial charge on any atom is 0.255 e. The number of rotatable bonds is 6. The van der Waals surface area contributed by atoms with Crippen molar-refractivity contribution in [1.29, 1.82) is 0 Å². The van der Waals surface area contributed by atoms with E-state index in [-0.39, 0.29) is 18.4 Å². The second kappa shape index (κ2) is 9.60. The summed E-state index contributed by atoms with van der Waals surface area (Å²) in [7, 11) is 0. The van der Waals surface area contributed by atoms with Crippen molar-refractivity contribution < 1.29 is 9.59 Å². The summed E-state index contributed by atoms with van der Waals surface area (Å²) in [6.45, 7) is 4.12. The molecule has 2 amide bonds. The number of hydrogen-bond donors (Lipinski definition) is 2. The van der Waals surface area contributed by atoms with Gasteiger partial charge in [0.05, 0.1) is 12.1 Å². The number of carbonyl (C=O) groups is 2. The molecule has 1 aliphatic rings. The fourth-order valence-electron chi connectivity index (χ4n) is 3.36. The molecule has 0 atom stereocenters. The summed E-state index contributed by atoms with van der Waals surface area (Å²) < 4.78 is 0. The highest BCUT2D eigenvalue weighted by Crippen LogP contribution is 2.24. The Balaban J connectivity index is 1.61. The van der Waals surface area contributed by atoms with E-state index in [1.165, 1.54) is 0 Å². The molecule has 148 valence electrons. The van der Waals surface area contributed by atoms with Gasteiger partial charge in [0.1, 0.15) is 0 Å². The van der Waals surface area contributed by atoms with E-state index < -0.39 is 0 Å². The lowest BCUT2D eigenvalue weighted by Gasteiger charge is -2.27. The van der Waals surface area contributed by atoms with Crippen LogP contribution in [0.15, 0.2) is 42.5 Å². The minimum atomic E-state index is -0.139. The van der Waals surface area contributed by atoms with E-state index in [1.54, 1.807) is 18.2 Å². The van der Waals surface area contributed by atoms with Crippen molar-refractivity contribution in [1.82, 2.24) is 10.2 Å². The Morgan fingerprint density at radius 3 is 2.57 bits per heavy atom. The Morgan fingerprint density at radius 2 is 1.82 bits per heavy atom. The number of anilines is 1. The molecule has 2 N–H and O–H groups in total. The maximum absolute atomic E-state index is 12.9. The molecule has 5 nitrogen and oxygen atoms in total. The largest absolute Gasteiger partial charge is 0.375 e. The molecule has 0 aliphatic carbocycles. The normalized spacial score (nSPS) is 13.9. The smallest absolute Gasteiger partial charge is 0.255 e. The van der Waals surface area contributed by atoms with Gasteiger partial charge in [-0.2, -0.15) is 0 Å². The highest BCUT2D eigenvalue weighted by atomic mass is 35.5. The van der Waals surface area contributed by atoms with E-state index in [4.69, 9.17) is 11.6 Å². The highest BCUT2D eigenvalue weighted by molar-refractivity contribution is 6.31. The minimum Gasteiger partial charge on any atom is -0.375 e. The molecule has 1 heterocycles. The van der Waals surface area contributed by atoms with Gasteiger partial charge in [-0.3, -0.25) is 9.59 Å². The molecule has 3 rings (SSSR count). The second-order valence-electron chi connectivity index (χ2n) is 7.10. The van der Waals surface area contributed by atoms with Crippen LogP contribution < -0.4 is 10.6 Å². The molecule has 0 spiro atoms. The van der Waals surface area contributed by atoms with Gasteiger partial charge in [0.2, 0.25) is 5.91 Å². The first-order chi connectivity index (χ1) is 13.5. The molecular formula is C22H26ClN3O2. The summed E-state index contributed by atoms with van der Waals surface area (Å²) >= 11 is 6.12. The molecule has 2 aromatic carbocycles. The van der Waals surface area contributed by atoms with E-state index in [1.807, 2.05) is 36.1 Å². The van der Waals surface area contributed by atoms with Crippen molar-refractivity contribution in [3.05, 3.63) is 64.2 Å². The van der Waals surface area contributed by atoms with Gasteiger partial charge >= 0.3 is 0 Å². The Morgan fingerprint density at radius 1 is 1.07 bits per heavy atom. The third-order valence-electron chi connectivity index (χ3n) is 5.03. The molecule has 1 fully saturated rings. The average molecular weight is 400 g/mol. The van der Waals surface area contributed by atoms with Crippen molar-refractivity contribution in [3.63, 3.8) is 0 Å². The van der Waals surface area contributed by atoms with Crippen LogP contribution in [0, 0.1) is 6.92 Å². The van der Waals surface area contributed by atoms with Crippen LogP contribution in [0.4, 0.5) is 5.69 Å². The summed E-state index contributed by atoms with van der Waals surface area (Å²) in [5.41, 5.74) is 3.37. The number of benzene rings is 2. The zero-order valence-corrected chi connectivity index (χ0v) is 16.9. The molecule has 0 radical (unpaired) electrons. The number of halogens is 1. The van der Waals surface area contributed by atoms with Gasteiger partial charge in [0.25, 0.3) is 5.91 Å². The Hall–Kier alpha value is -2.53. The van der Waals surface area contributed by atoms with Crippen LogP contribution in [-0.4, -0.2) is 36.3 Å². The van der Waals surface area contributed by atoms with Crippen LogP contribution in [0.25, 0.3) is 0 Å². The molecule has 0 unspecified atom stereocenters. The topological polar surface area (TPSA) is 61.4 Å². The van der Waals surface area contributed by atoms with Gasteiger partial charge in [0, 0.05) is 30.3 Å². The van der Waals surface area contributed by atoms with Gasteiger partial charge in [-0.25, -0.2) is 0 Å². The van der Waals surface area contributed by atoms with Gasteiger partial charge in [-0.15, -0.1) is 0 Å². The third kappa shape index (κ3) is 5.26. The first-order valence-corrected chi connectivity index (χ1v) is 10.1. The lowest BCUT2D eigenvalue weighted by atomic mass is 10.1. The van der Waals surface area contributed by atoms with E-state index in [2.05, 4.69) is 10.6 Å². The fourth-order valence-corrected chi connectivity index (χ4v) is 3.53. The van der Waals surface area contributed by atoms with E-state index >= 15 is 0 Å². The van der Waals surface area contributed by atoms with Crippen LogP contribution in [0.5, 0.6) is 0 Å². The zero-order valence-electron chi connectivity index (χ0n) is 16.1. The first kappa shape index (κ1) is 20.2. The summed E-state index contributed by atoms with van der Waals surface area (Å²) in [5, 5.41) is 6.51. The number of amides is 2. The molecule has 28 heavy (non-hydrogen) atoms. The first-order valence-electron chi connectivity index (χ1n) is 9.68. The number of carbonyl (C=O) groups excluding carboxylic acids is 2. The molecule has 0 bridgehead atoms. The molecular weight excluding hydrogens is 374 g/mol. The van der Waals surface area contributed by atoms with Crippen molar-refractivity contribution in [2.75, 3.05) is 25.0 Å².